The number of fused-ring (bicyclic) bond motifs is 3. The van der Waals surface area contributed by atoms with Crippen molar-refractivity contribution < 1.29 is 10.3 Å². The normalized spacial score (nSPS) is 11.2. The molecule has 15 heavy (non-hydrogen) atoms. The number of aromatic hydroxyl groups is 1. The van der Waals surface area contributed by atoms with Gasteiger partial charge in [-0.1, -0.05) is 29.1 Å². The Morgan fingerprint density at radius 2 is 2.00 bits per heavy atom. The van der Waals surface area contributed by atoms with E-state index in [0.29, 0.717) is 15.9 Å². The monoisotopic (exact) mass is 201 g/mol. The molecule has 0 aliphatic carbocycles. The molecule has 0 amide bonds. The van der Waals surface area contributed by atoms with Crippen LogP contribution in [-0.4, -0.2) is 25.5 Å². The highest BCUT2D eigenvalue weighted by atomic mass is 16.5. The summed E-state index contributed by atoms with van der Waals surface area (Å²) in [6.07, 6.45) is 0. The molecule has 5 heteroatoms. The number of phenolic OH excluding ortho intramolecular Hbond substituents is 1. The lowest BCUT2D eigenvalue weighted by Gasteiger charge is -2.00. The fourth-order valence-corrected chi connectivity index (χ4v) is 1.74. The molecule has 0 unspecified atom stereocenters. The molecule has 2 N–H and O–H groups in total. The van der Waals surface area contributed by atoms with Crippen LogP contribution in [0.1, 0.15) is 0 Å². The van der Waals surface area contributed by atoms with Crippen LogP contribution in [0, 0.1) is 0 Å². The van der Waals surface area contributed by atoms with Crippen molar-refractivity contribution in [1.82, 2.24) is 15.2 Å². The van der Waals surface area contributed by atoms with E-state index < -0.39 is 0 Å². The fraction of sp³-hybridized carbons (Fsp3) is 0. The third-order valence-electron chi connectivity index (χ3n) is 2.40. The zero-order valence-corrected chi connectivity index (χ0v) is 7.62. The van der Waals surface area contributed by atoms with Crippen molar-refractivity contribution in [2.45, 2.75) is 0 Å². The molecule has 0 fully saturated rings. The van der Waals surface area contributed by atoms with E-state index in [9.17, 15) is 10.3 Å². The third-order valence-corrected chi connectivity index (χ3v) is 2.40. The Labute approximate surface area is 84.1 Å². The van der Waals surface area contributed by atoms with Crippen LogP contribution >= 0.6 is 0 Å². The summed E-state index contributed by atoms with van der Waals surface area (Å²) in [5.41, 5.74) is 0.724. The predicted octanol–water partition coefficient (Wildman–Crippen LogP) is 1.53. The number of rotatable bonds is 0. The van der Waals surface area contributed by atoms with Crippen molar-refractivity contribution in [3.05, 3.63) is 30.3 Å². The van der Waals surface area contributed by atoms with Gasteiger partial charge >= 0.3 is 0 Å². The molecular weight excluding hydrogens is 194 g/mol. The summed E-state index contributed by atoms with van der Waals surface area (Å²) < 4.78 is 0. The van der Waals surface area contributed by atoms with E-state index in [0.717, 1.165) is 10.8 Å². The third kappa shape index (κ3) is 0.969. The lowest BCUT2D eigenvalue weighted by atomic mass is 10.1. The maximum absolute atomic E-state index is 9.66. The molecule has 74 valence electrons. The van der Waals surface area contributed by atoms with Crippen LogP contribution in [0.2, 0.25) is 0 Å². The van der Waals surface area contributed by atoms with Crippen LogP contribution in [0.3, 0.4) is 0 Å². The van der Waals surface area contributed by atoms with Crippen LogP contribution in [0.4, 0.5) is 0 Å². The van der Waals surface area contributed by atoms with Crippen LogP contribution in [0.15, 0.2) is 30.3 Å². The maximum atomic E-state index is 9.66. The van der Waals surface area contributed by atoms with Crippen molar-refractivity contribution in [2.75, 3.05) is 0 Å². The topological polar surface area (TPSA) is 71.2 Å². The second kappa shape index (κ2) is 2.60. The Morgan fingerprint density at radius 3 is 2.87 bits per heavy atom. The van der Waals surface area contributed by atoms with Crippen molar-refractivity contribution >= 4 is 21.8 Å². The highest BCUT2D eigenvalue weighted by molar-refractivity contribution is 6.06. The molecule has 0 saturated heterocycles. The lowest BCUT2D eigenvalue weighted by Crippen LogP contribution is -1.92. The number of aromatic nitrogens is 3. The van der Waals surface area contributed by atoms with Crippen LogP contribution < -0.4 is 0 Å². The van der Waals surface area contributed by atoms with E-state index in [1.165, 1.54) is 0 Å². The Kier molecular flexibility index (Phi) is 1.39. The molecular formula is C10H7N3O2. The average Bonchev–Trinajstić information content (AvgIpc) is 2.62. The number of nitrogens with zero attached hydrogens (tertiary/aromatic N) is 3. The van der Waals surface area contributed by atoms with E-state index in [4.69, 9.17) is 0 Å². The van der Waals surface area contributed by atoms with Crippen molar-refractivity contribution in [3.63, 3.8) is 0 Å². The molecule has 1 heterocycles. The molecule has 3 aromatic rings. The molecule has 1 aromatic heterocycles. The van der Waals surface area contributed by atoms with Crippen LogP contribution in [0.25, 0.3) is 21.8 Å². The summed E-state index contributed by atoms with van der Waals surface area (Å²) in [7, 11) is 0. The molecule has 0 saturated carbocycles. The van der Waals surface area contributed by atoms with Gasteiger partial charge in [0.15, 0.2) is 5.52 Å². The van der Waals surface area contributed by atoms with Crippen LogP contribution in [0.5, 0.6) is 5.75 Å². The van der Waals surface area contributed by atoms with E-state index in [-0.39, 0.29) is 5.75 Å². The first-order chi connectivity index (χ1) is 7.27. The van der Waals surface area contributed by atoms with Gasteiger partial charge in [-0.15, -0.1) is 5.10 Å². The second-order valence-corrected chi connectivity index (χ2v) is 3.29. The van der Waals surface area contributed by atoms with Gasteiger partial charge in [-0.3, -0.25) is 0 Å². The molecule has 5 nitrogen and oxygen atoms in total. The van der Waals surface area contributed by atoms with Gasteiger partial charge in [0.25, 0.3) is 0 Å². The zero-order chi connectivity index (χ0) is 10.4. The minimum absolute atomic E-state index is 0.0176. The van der Waals surface area contributed by atoms with Gasteiger partial charge in [0.1, 0.15) is 11.3 Å². The van der Waals surface area contributed by atoms with Gasteiger partial charge in [0, 0.05) is 5.39 Å². The lowest BCUT2D eigenvalue weighted by molar-refractivity contribution is 0.155. The summed E-state index contributed by atoms with van der Waals surface area (Å²) in [5.74, 6) is 0.0176. The first-order valence-electron chi connectivity index (χ1n) is 4.43. The predicted molar refractivity (Wildman–Crippen MR) is 53.9 cm³/mol. The van der Waals surface area contributed by atoms with Crippen molar-refractivity contribution in [3.8, 4) is 5.75 Å². The van der Waals surface area contributed by atoms with Crippen LogP contribution in [-0.2, 0) is 0 Å². The van der Waals surface area contributed by atoms with Crippen molar-refractivity contribution in [2.24, 2.45) is 0 Å². The average molecular weight is 201 g/mol. The van der Waals surface area contributed by atoms with Gasteiger partial charge < -0.3 is 10.3 Å². The maximum Gasteiger partial charge on any atom is 0.159 e. The first kappa shape index (κ1) is 8.05. The highest BCUT2D eigenvalue weighted by Crippen LogP contribution is 2.30. The Morgan fingerprint density at radius 1 is 1.20 bits per heavy atom. The van der Waals surface area contributed by atoms with Gasteiger partial charge in [0.05, 0.1) is 0 Å². The molecule has 0 aliphatic rings. The zero-order valence-electron chi connectivity index (χ0n) is 7.62. The summed E-state index contributed by atoms with van der Waals surface area (Å²) in [4.78, 5) is 0.678. The second-order valence-electron chi connectivity index (χ2n) is 3.29. The largest absolute Gasteiger partial charge is 0.506 e. The molecule has 3 rings (SSSR count). The molecule has 0 aliphatic heterocycles. The Balaban J connectivity index is 2.67. The van der Waals surface area contributed by atoms with E-state index in [2.05, 4.69) is 10.3 Å². The Hall–Kier alpha value is -2.30. The number of hydrogen-bond donors (Lipinski definition) is 2. The number of phenols is 1. The summed E-state index contributed by atoms with van der Waals surface area (Å²) in [5, 5.41) is 27.9. The summed E-state index contributed by atoms with van der Waals surface area (Å²) in [6, 6.07) is 9.01. The van der Waals surface area contributed by atoms with E-state index in [1.807, 2.05) is 24.3 Å². The standard InChI is InChI=1S/C10H7N3O2/c14-8-5-6-3-1-2-4-7(6)10-9(8)11-12-13(10)15/h1-5,14-15H. The highest BCUT2D eigenvalue weighted by Gasteiger charge is 2.12. The van der Waals surface area contributed by atoms with Crippen molar-refractivity contribution in [1.29, 1.82) is 0 Å². The quantitative estimate of drug-likeness (QED) is 0.541. The fourth-order valence-electron chi connectivity index (χ4n) is 1.74. The molecule has 0 spiro atoms. The summed E-state index contributed by atoms with van der Waals surface area (Å²) in [6.45, 7) is 0. The van der Waals surface area contributed by atoms with E-state index in [1.54, 1.807) is 6.07 Å². The first-order valence-corrected chi connectivity index (χ1v) is 4.43. The number of benzene rings is 2. The molecule has 2 aromatic carbocycles. The van der Waals surface area contributed by atoms with Gasteiger partial charge in [0.2, 0.25) is 0 Å². The molecule has 0 atom stereocenters. The minimum atomic E-state index is 0.0176. The molecule has 0 bridgehead atoms. The minimum Gasteiger partial charge on any atom is -0.506 e. The van der Waals surface area contributed by atoms with Gasteiger partial charge in [-0.2, -0.15) is 0 Å². The van der Waals surface area contributed by atoms with Gasteiger partial charge in [-0.25, -0.2) is 0 Å². The van der Waals surface area contributed by atoms with Gasteiger partial charge in [-0.05, 0) is 16.7 Å². The molecule has 0 radical (unpaired) electrons. The van der Waals surface area contributed by atoms with E-state index >= 15 is 0 Å². The number of hydrogen-bond acceptors (Lipinski definition) is 4. The summed E-state index contributed by atoms with van der Waals surface area (Å²) >= 11 is 0. The SMILES string of the molecule is Oc1cc2ccccc2c2c1nnn2O. The Bertz CT molecular complexity index is 660. The smallest absolute Gasteiger partial charge is 0.159 e.